The fraction of sp³-hybridized carbons (Fsp3) is 0.600. The first kappa shape index (κ1) is 14.0. The van der Waals surface area contributed by atoms with Crippen LogP contribution in [0.25, 0.3) is 0 Å². The number of benzene rings is 1. The molecule has 1 aliphatic rings. The molecule has 2 unspecified atom stereocenters. The third-order valence-corrected chi connectivity index (χ3v) is 3.62. The van der Waals surface area contributed by atoms with Crippen LogP contribution in [0, 0.1) is 0 Å². The minimum absolute atomic E-state index is 0.485. The first-order valence-corrected chi connectivity index (χ1v) is 6.52. The second-order valence-corrected chi connectivity index (χ2v) is 4.46. The molecule has 1 aromatic rings. The van der Waals surface area contributed by atoms with Gasteiger partial charge in [0.15, 0.2) is 0 Å². The Morgan fingerprint density at radius 3 is 2.47 bits per heavy atom. The van der Waals surface area contributed by atoms with E-state index in [1.165, 1.54) is 11.1 Å². The summed E-state index contributed by atoms with van der Waals surface area (Å²) in [4.78, 5) is 2.42. The number of methoxy groups -OCH3 is 1. The predicted molar refractivity (Wildman–Crippen MR) is 73.7 cm³/mol. The zero-order valence-electron chi connectivity index (χ0n) is 11.9. The summed E-state index contributed by atoms with van der Waals surface area (Å²) in [5.41, 5.74) is 2.88. The van der Waals surface area contributed by atoms with E-state index in [0.717, 1.165) is 12.2 Å². The molecule has 0 amide bonds. The van der Waals surface area contributed by atoms with Gasteiger partial charge in [0.2, 0.25) is 0 Å². The van der Waals surface area contributed by atoms with Crippen LogP contribution < -0.4 is 4.74 Å². The molecule has 1 heterocycles. The highest BCUT2D eigenvalue weighted by atomic mass is 16.5. The number of ether oxygens (including phenoxy) is 1. The van der Waals surface area contributed by atoms with Crippen molar-refractivity contribution in [2.24, 2.45) is 0 Å². The van der Waals surface area contributed by atoms with Crippen molar-refractivity contribution < 1.29 is 4.74 Å². The van der Waals surface area contributed by atoms with Gasteiger partial charge in [-0.2, -0.15) is 0 Å². The zero-order chi connectivity index (χ0) is 13.0. The number of likely N-dealkylation sites (N-methyl/N-ethyl adjacent to an activating group) is 1. The molecule has 1 aromatic carbocycles. The molecule has 0 radical (unpaired) electrons. The molecule has 0 spiro atoms. The van der Waals surface area contributed by atoms with Crippen molar-refractivity contribution in [3.8, 4) is 5.75 Å². The maximum atomic E-state index is 5.27. The van der Waals surface area contributed by atoms with Gasteiger partial charge in [-0.25, -0.2) is 0 Å². The third-order valence-electron chi connectivity index (χ3n) is 3.62. The lowest BCUT2D eigenvalue weighted by Gasteiger charge is -2.37. The minimum atomic E-state index is 0.485. The molecule has 0 saturated carbocycles. The number of hydrogen-bond acceptors (Lipinski definition) is 2. The summed E-state index contributed by atoms with van der Waals surface area (Å²) in [5.74, 6) is 0.962. The fourth-order valence-corrected chi connectivity index (χ4v) is 2.34. The molecule has 1 aliphatic heterocycles. The molecule has 0 saturated heterocycles. The van der Waals surface area contributed by atoms with E-state index in [9.17, 15) is 0 Å². The smallest absolute Gasteiger partial charge is 0.119 e. The Balaban J connectivity index is 0.000000686. The Bertz CT molecular complexity index is 362. The van der Waals surface area contributed by atoms with Gasteiger partial charge in [0, 0.05) is 12.1 Å². The molecule has 2 nitrogen and oxygen atoms in total. The first-order chi connectivity index (χ1) is 8.13. The molecule has 2 heteroatoms. The van der Waals surface area contributed by atoms with Crippen LogP contribution in [0.15, 0.2) is 18.2 Å². The topological polar surface area (TPSA) is 12.5 Å². The molecule has 0 aliphatic carbocycles. The van der Waals surface area contributed by atoms with Gasteiger partial charge in [-0.1, -0.05) is 19.9 Å². The van der Waals surface area contributed by atoms with Gasteiger partial charge in [-0.05, 0) is 50.6 Å². The zero-order valence-corrected chi connectivity index (χ0v) is 11.9. The van der Waals surface area contributed by atoms with Crippen LogP contribution in [-0.2, 0) is 6.42 Å². The summed E-state index contributed by atoms with van der Waals surface area (Å²) in [6.07, 6.45) is 1.14. The van der Waals surface area contributed by atoms with E-state index >= 15 is 0 Å². The Labute approximate surface area is 106 Å². The van der Waals surface area contributed by atoms with Crippen molar-refractivity contribution in [3.63, 3.8) is 0 Å². The van der Waals surface area contributed by atoms with Gasteiger partial charge in [0.05, 0.1) is 7.11 Å². The standard InChI is InChI=1S/C13H19NO.C2H6/c1-9-7-11-5-6-12(15-4)8-13(11)10(2)14(9)3;1-2/h5-6,8-10H,7H2,1-4H3;1-2H3. The number of fused-ring (bicyclic) bond motifs is 1. The molecule has 0 aromatic heterocycles. The van der Waals surface area contributed by atoms with E-state index in [1.807, 2.05) is 13.8 Å². The van der Waals surface area contributed by atoms with Crippen molar-refractivity contribution in [1.82, 2.24) is 4.90 Å². The molecule has 0 bridgehead atoms. The monoisotopic (exact) mass is 235 g/mol. The van der Waals surface area contributed by atoms with Gasteiger partial charge in [-0.15, -0.1) is 0 Å². The lowest BCUT2D eigenvalue weighted by molar-refractivity contribution is 0.179. The molecular formula is C15H25NO. The van der Waals surface area contributed by atoms with E-state index < -0.39 is 0 Å². The van der Waals surface area contributed by atoms with Crippen molar-refractivity contribution in [1.29, 1.82) is 0 Å². The van der Waals surface area contributed by atoms with E-state index in [4.69, 9.17) is 4.74 Å². The molecule has 17 heavy (non-hydrogen) atoms. The average Bonchev–Trinajstić information content (AvgIpc) is 2.38. The van der Waals surface area contributed by atoms with Crippen molar-refractivity contribution in [3.05, 3.63) is 29.3 Å². The van der Waals surface area contributed by atoms with E-state index in [-0.39, 0.29) is 0 Å². The molecular weight excluding hydrogens is 210 g/mol. The van der Waals surface area contributed by atoms with Gasteiger partial charge in [-0.3, -0.25) is 4.90 Å². The van der Waals surface area contributed by atoms with Crippen LogP contribution in [0.3, 0.4) is 0 Å². The normalized spacial score (nSPS) is 23.4. The van der Waals surface area contributed by atoms with Crippen LogP contribution in [0.1, 0.15) is 44.9 Å². The predicted octanol–water partition coefficient (Wildman–Crippen LogP) is 3.66. The number of nitrogens with zero attached hydrogens (tertiary/aromatic N) is 1. The number of rotatable bonds is 1. The second-order valence-electron chi connectivity index (χ2n) is 4.46. The van der Waals surface area contributed by atoms with Crippen LogP contribution in [0.4, 0.5) is 0 Å². The first-order valence-electron chi connectivity index (χ1n) is 6.52. The average molecular weight is 235 g/mol. The van der Waals surface area contributed by atoms with Crippen LogP contribution in [0.5, 0.6) is 5.75 Å². The molecule has 2 rings (SSSR count). The highest BCUT2D eigenvalue weighted by molar-refractivity contribution is 5.39. The highest BCUT2D eigenvalue weighted by Gasteiger charge is 2.26. The van der Waals surface area contributed by atoms with Crippen LogP contribution >= 0.6 is 0 Å². The van der Waals surface area contributed by atoms with Crippen molar-refractivity contribution in [2.45, 2.75) is 46.2 Å². The Morgan fingerprint density at radius 1 is 1.24 bits per heavy atom. The summed E-state index contributed by atoms with van der Waals surface area (Å²) < 4.78 is 5.27. The highest BCUT2D eigenvalue weighted by Crippen LogP contribution is 2.33. The Hall–Kier alpha value is -1.02. The van der Waals surface area contributed by atoms with E-state index in [1.54, 1.807) is 7.11 Å². The second kappa shape index (κ2) is 6.06. The van der Waals surface area contributed by atoms with Gasteiger partial charge >= 0.3 is 0 Å². The summed E-state index contributed by atoms with van der Waals surface area (Å²) in [6, 6.07) is 7.54. The summed E-state index contributed by atoms with van der Waals surface area (Å²) >= 11 is 0. The Morgan fingerprint density at radius 2 is 1.88 bits per heavy atom. The Kier molecular flexibility index (Phi) is 5.01. The van der Waals surface area contributed by atoms with Crippen molar-refractivity contribution in [2.75, 3.05) is 14.2 Å². The molecule has 0 N–H and O–H groups in total. The maximum Gasteiger partial charge on any atom is 0.119 e. The largest absolute Gasteiger partial charge is 0.497 e. The van der Waals surface area contributed by atoms with E-state index in [2.05, 4.69) is 44.0 Å². The van der Waals surface area contributed by atoms with Gasteiger partial charge in [0.1, 0.15) is 5.75 Å². The lowest BCUT2D eigenvalue weighted by Crippen LogP contribution is -2.37. The minimum Gasteiger partial charge on any atom is -0.497 e. The summed E-state index contributed by atoms with van der Waals surface area (Å²) in [6.45, 7) is 8.54. The molecule has 96 valence electrons. The SMILES string of the molecule is CC.COc1ccc2c(c1)C(C)N(C)C(C)C2. The number of hydrogen-bond donors (Lipinski definition) is 0. The quantitative estimate of drug-likeness (QED) is 0.736. The van der Waals surface area contributed by atoms with E-state index in [0.29, 0.717) is 12.1 Å². The fourth-order valence-electron chi connectivity index (χ4n) is 2.34. The molecule has 0 fully saturated rings. The van der Waals surface area contributed by atoms with Gasteiger partial charge < -0.3 is 4.74 Å². The summed E-state index contributed by atoms with van der Waals surface area (Å²) in [5, 5.41) is 0. The van der Waals surface area contributed by atoms with Gasteiger partial charge in [0.25, 0.3) is 0 Å². The third kappa shape index (κ3) is 2.81. The lowest BCUT2D eigenvalue weighted by atomic mass is 9.90. The van der Waals surface area contributed by atoms with Crippen LogP contribution in [0.2, 0.25) is 0 Å². The summed E-state index contributed by atoms with van der Waals surface area (Å²) in [7, 11) is 3.92. The molecule has 2 atom stereocenters. The van der Waals surface area contributed by atoms with Crippen LogP contribution in [-0.4, -0.2) is 25.1 Å². The van der Waals surface area contributed by atoms with Crippen molar-refractivity contribution >= 4 is 0 Å². The maximum absolute atomic E-state index is 5.27.